The summed E-state index contributed by atoms with van der Waals surface area (Å²) in [6.07, 6.45) is -0.0356. The summed E-state index contributed by atoms with van der Waals surface area (Å²) in [5.41, 5.74) is 0.344. The molecule has 160 valence electrons. The third-order valence-electron chi connectivity index (χ3n) is 5.08. The lowest BCUT2D eigenvalue weighted by atomic mass is 10.0. The molecule has 1 aliphatic rings. The van der Waals surface area contributed by atoms with Gasteiger partial charge in [0, 0.05) is 30.3 Å². The number of carbonyl (C=O) groups excluding carboxylic acids is 1. The van der Waals surface area contributed by atoms with Crippen LogP contribution >= 0.6 is 0 Å². The number of hydrogen-bond acceptors (Lipinski definition) is 6. The molecule has 1 saturated heterocycles. The van der Waals surface area contributed by atoms with E-state index < -0.39 is 11.9 Å². The van der Waals surface area contributed by atoms with Crippen LogP contribution in [0.3, 0.4) is 0 Å². The SMILES string of the molecule is O=C(O)CCc1nc(C(=O)N2CCOCC2)c(O)c2ccc(Oc3ccccc3)cc12. The number of morpholine rings is 1. The summed E-state index contributed by atoms with van der Waals surface area (Å²) in [7, 11) is 0. The van der Waals surface area contributed by atoms with Gasteiger partial charge in [-0.3, -0.25) is 9.59 Å². The fourth-order valence-corrected chi connectivity index (χ4v) is 3.51. The van der Waals surface area contributed by atoms with Gasteiger partial charge in [0.1, 0.15) is 11.5 Å². The number of carboxylic acid groups (broad SMARTS) is 1. The summed E-state index contributed by atoms with van der Waals surface area (Å²) in [5, 5.41) is 20.9. The monoisotopic (exact) mass is 422 g/mol. The Labute approximate surface area is 178 Å². The molecule has 0 spiro atoms. The number of ether oxygens (including phenoxy) is 2. The highest BCUT2D eigenvalue weighted by Gasteiger charge is 2.25. The number of fused-ring (bicyclic) bond motifs is 1. The third-order valence-corrected chi connectivity index (χ3v) is 5.08. The third kappa shape index (κ3) is 4.59. The Morgan fingerprint density at radius 2 is 1.77 bits per heavy atom. The van der Waals surface area contributed by atoms with Gasteiger partial charge in [-0.25, -0.2) is 4.98 Å². The van der Waals surface area contributed by atoms with Crippen molar-refractivity contribution < 1.29 is 29.3 Å². The fraction of sp³-hybridized carbons (Fsp3) is 0.261. The Hall–Kier alpha value is -3.65. The molecule has 0 aliphatic carbocycles. The second-order valence-electron chi connectivity index (χ2n) is 7.18. The Morgan fingerprint density at radius 3 is 2.48 bits per heavy atom. The number of hydrogen-bond donors (Lipinski definition) is 2. The van der Waals surface area contributed by atoms with E-state index in [0.717, 1.165) is 0 Å². The molecule has 0 radical (unpaired) electrons. The van der Waals surface area contributed by atoms with E-state index in [1.54, 1.807) is 23.1 Å². The molecule has 8 nitrogen and oxygen atoms in total. The van der Waals surface area contributed by atoms with Crippen molar-refractivity contribution in [1.29, 1.82) is 0 Å². The summed E-state index contributed by atoms with van der Waals surface area (Å²) in [5.74, 6) is -0.435. The Balaban J connectivity index is 1.76. The summed E-state index contributed by atoms with van der Waals surface area (Å²) < 4.78 is 11.1. The maximum atomic E-state index is 13.0. The van der Waals surface area contributed by atoms with Gasteiger partial charge >= 0.3 is 5.97 Å². The van der Waals surface area contributed by atoms with Crippen LogP contribution in [0.25, 0.3) is 10.8 Å². The van der Waals surface area contributed by atoms with Crippen LogP contribution in [-0.4, -0.2) is 58.3 Å². The highest BCUT2D eigenvalue weighted by atomic mass is 16.5. The van der Waals surface area contributed by atoms with E-state index in [1.165, 1.54) is 0 Å². The topological polar surface area (TPSA) is 109 Å². The zero-order valence-corrected chi connectivity index (χ0v) is 16.8. The molecular weight excluding hydrogens is 400 g/mol. The first-order valence-corrected chi connectivity index (χ1v) is 10.0. The molecule has 3 aromatic rings. The van der Waals surface area contributed by atoms with Crippen molar-refractivity contribution in [1.82, 2.24) is 9.88 Å². The van der Waals surface area contributed by atoms with Crippen LogP contribution in [0.5, 0.6) is 17.2 Å². The lowest BCUT2D eigenvalue weighted by molar-refractivity contribution is -0.136. The molecule has 2 aromatic carbocycles. The first-order valence-electron chi connectivity index (χ1n) is 10.0. The Morgan fingerprint density at radius 1 is 1.03 bits per heavy atom. The number of amides is 1. The molecule has 0 saturated carbocycles. The average Bonchev–Trinajstić information content (AvgIpc) is 2.79. The van der Waals surface area contributed by atoms with Gasteiger partial charge in [-0.15, -0.1) is 0 Å². The zero-order chi connectivity index (χ0) is 21.8. The summed E-state index contributed by atoms with van der Waals surface area (Å²) in [6, 6.07) is 14.3. The van der Waals surface area contributed by atoms with Gasteiger partial charge in [0.2, 0.25) is 0 Å². The minimum absolute atomic E-state index is 0.0773. The zero-order valence-electron chi connectivity index (χ0n) is 16.8. The maximum Gasteiger partial charge on any atom is 0.303 e. The largest absolute Gasteiger partial charge is 0.505 e. The number of pyridine rings is 1. The van der Waals surface area contributed by atoms with Crippen molar-refractivity contribution in [2.45, 2.75) is 12.8 Å². The van der Waals surface area contributed by atoms with E-state index in [4.69, 9.17) is 14.6 Å². The van der Waals surface area contributed by atoms with Gasteiger partial charge < -0.3 is 24.6 Å². The average molecular weight is 422 g/mol. The maximum absolute atomic E-state index is 13.0. The molecule has 1 amide bonds. The van der Waals surface area contributed by atoms with Crippen molar-refractivity contribution >= 4 is 22.6 Å². The smallest absolute Gasteiger partial charge is 0.303 e. The number of aromatic nitrogens is 1. The number of nitrogens with zero attached hydrogens (tertiary/aromatic N) is 2. The van der Waals surface area contributed by atoms with Crippen LogP contribution in [0.2, 0.25) is 0 Å². The summed E-state index contributed by atoms with van der Waals surface area (Å²) in [4.78, 5) is 30.1. The predicted molar refractivity (Wildman–Crippen MR) is 113 cm³/mol. The highest BCUT2D eigenvalue weighted by Crippen LogP contribution is 2.34. The molecule has 4 rings (SSSR count). The van der Waals surface area contributed by atoms with Crippen LogP contribution in [0.4, 0.5) is 0 Å². The van der Waals surface area contributed by atoms with Crippen LogP contribution in [0.15, 0.2) is 48.5 Å². The molecule has 2 N–H and O–H groups in total. The number of carboxylic acids is 1. The van der Waals surface area contributed by atoms with Crippen molar-refractivity contribution in [3.8, 4) is 17.2 Å². The van der Waals surface area contributed by atoms with Crippen molar-refractivity contribution in [2.75, 3.05) is 26.3 Å². The van der Waals surface area contributed by atoms with Gasteiger partial charge in [-0.2, -0.15) is 0 Å². The second-order valence-corrected chi connectivity index (χ2v) is 7.18. The predicted octanol–water partition coefficient (Wildman–Crippen LogP) is 3.22. The van der Waals surface area contributed by atoms with Crippen LogP contribution in [0.1, 0.15) is 22.6 Å². The lowest BCUT2D eigenvalue weighted by Gasteiger charge is -2.27. The standard InChI is InChI=1S/C23H22N2O6/c26-20(27)9-8-19-18-14-16(31-15-4-2-1-3-5-15)6-7-17(18)22(28)21(24-19)23(29)25-10-12-30-13-11-25/h1-7,14,28H,8-13H2,(H,26,27). The minimum atomic E-state index is -0.972. The quantitative estimate of drug-likeness (QED) is 0.628. The van der Waals surface area contributed by atoms with Crippen molar-refractivity contribution in [3.05, 3.63) is 59.9 Å². The van der Waals surface area contributed by atoms with E-state index in [2.05, 4.69) is 4.98 Å². The summed E-state index contributed by atoms with van der Waals surface area (Å²) in [6.45, 7) is 1.66. The number of rotatable bonds is 6. The second kappa shape index (κ2) is 9.01. The van der Waals surface area contributed by atoms with Crippen molar-refractivity contribution in [3.63, 3.8) is 0 Å². The molecule has 8 heteroatoms. The van der Waals surface area contributed by atoms with Crippen LogP contribution < -0.4 is 4.74 Å². The van der Waals surface area contributed by atoms with E-state index in [0.29, 0.717) is 54.3 Å². The Bertz CT molecular complexity index is 1110. The number of aliphatic carboxylic acids is 1. The fourth-order valence-electron chi connectivity index (χ4n) is 3.51. The number of benzene rings is 2. The number of aromatic hydroxyl groups is 1. The van der Waals surface area contributed by atoms with E-state index in [9.17, 15) is 14.7 Å². The van der Waals surface area contributed by atoms with Gasteiger partial charge in [0.05, 0.1) is 25.3 Å². The molecule has 31 heavy (non-hydrogen) atoms. The van der Waals surface area contributed by atoms with Crippen molar-refractivity contribution in [2.24, 2.45) is 0 Å². The first-order chi connectivity index (χ1) is 15.0. The number of para-hydroxylation sites is 1. The minimum Gasteiger partial charge on any atom is -0.505 e. The summed E-state index contributed by atoms with van der Waals surface area (Å²) >= 11 is 0. The molecule has 1 fully saturated rings. The molecule has 1 aromatic heterocycles. The van der Waals surface area contributed by atoms with Gasteiger partial charge in [0.25, 0.3) is 5.91 Å². The van der Waals surface area contributed by atoms with Gasteiger partial charge in [-0.1, -0.05) is 18.2 Å². The number of aryl methyl sites for hydroxylation is 1. The normalized spacial score (nSPS) is 13.9. The Kier molecular flexibility index (Phi) is 5.99. The van der Waals surface area contributed by atoms with E-state index in [-0.39, 0.29) is 24.3 Å². The molecule has 0 bridgehead atoms. The molecular formula is C23H22N2O6. The van der Waals surface area contributed by atoms with E-state index >= 15 is 0 Å². The number of carbonyl (C=O) groups is 2. The van der Waals surface area contributed by atoms with E-state index in [1.807, 2.05) is 30.3 Å². The molecule has 2 heterocycles. The lowest BCUT2D eigenvalue weighted by Crippen LogP contribution is -2.41. The molecule has 0 unspecified atom stereocenters. The van der Waals surface area contributed by atoms with Crippen LogP contribution in [-0.2, 0) is 16.0 Å². The van der Waals surface area contributed by atoms with Crippen LogP contribution in [0, 0.1) is 0 Å². The highest BCUT2D eigenvalue weighted by molar-refractivity contribution is 6.02. The molecule has 0 atom stereocenters. The first kappa shape index (κ1) is 20.6. The molecule has 1 aliphatic heterocycles. The van der Waals surface area contributed by atoms with Gasteiger partial charge in [0.15, 0.2) is 11.4 Å². The van der Waals surface area contributed by atoms with Gasteiger partial charge in [-0.05, 0) is 30.3 Å².